The first kappa shape index (κ1) is 40.6. The molecule has 0 aliphatic heterocycles. The lowest BCUT2D eigenvalue weighted by Crippen LogP contribution is -2.49. The SMILES string of the molecule is CO[Si](CCCOCC(COCCC[Si](OC)(OC)OC)(COCCC[Si](OC)(OC)OC)OC(C)=O)(OC)OC. The molecular weight excluding hydrogens is 597 g/mol. The fourth-order valence-corrected chi connectivity index (χ4v) is 9.20. The zero-order valence-electron chi connectivity index (χ0n) is 26.7. The highest BCUT2D eigenvalue weighted by Gasteiger charge is 2.40. The first-order valence-electron chi connectivity index (χ1n) is 13.5. The van der Waals surface area contributed by atoms with Gasteiger partial charge < -0.3 is 58.8 Å². The van der Waals surface area contributed by atoms with Crippen molar-refractivity contribution in [3.05, 3.63) is 0 Å². The third-order valence-corrected chi connectivity index (χ3v) is 15.1. The van der Waals surface area contributed by atoms with E-state index < -0.39 is 38.0 Å². The smallest absolute Gasteiger partial charge is 0.452 e. The Hall–Kier alpha value is -0.359. The van der Waals surface area contributed by atoms with Gasteiger partial charge in [-0.2, -0.15) is 0 Å². The monoisotopic (exact) mass is 650 g/mol. The second kappa shape index (κ2) is 22.2. The lowest BCUT2D eigenvalue weighted by molar-refractivity contribution is -0.186. The zero-order chi connectivity index (χ0) is 31.3. The summed E-state index contributed by atoms with van der Waals surface area (Å²) < 4.78 is 72.9. The van der Waals surface area contributed by atoms with Gasteiger partial charge in [-0.1, -0.05) is 0 Å². The fraction of sp³-hybridized carbons (Fsp3) is 0.958. The largest absolute Gasteiger partial charge is 0.500 e. The number of esters is 1. The highest BCUT2D eigenvalue weighted by Crippen LogP contribution is 2.20. The molecule has 0 atom stereocenters. The van der Waals surface area contributed by atoms with Crippen LogP contribution in [-0.2, 0) is 63.6 Å². The van der Waals surface area contributed by atoms with Gasteiger partial charge in [0.05, 0.1) is 19.8 Å². The first-order valence-corrected chi connectivity index (χ1v) is 19.3. The van der Waals surface area contributed by atoms with Crippen molar-refractivity contribution in [2.45, 2.75) is 49.9 Å². The number of ether oxygens (including phenoxy) is 4. The molecular formula is C24H54O14Si3. The number of rotatable bonds is 28. The maximum Gasteiger partial charge on any atom is 0.500 e. The maximum absolute atomic E-state index is 12.1. The van der Waals surface area contributed by atoms with Gasteiger partial charge in [-0.25, -0.2) is 0 Å². The normalized spacial score (nSPS) is 13.1. The molecule has 14 nitrogen and oxygen atoms in total. The molecule has 246 valence electrons. The number of carbonyl (C=O) groups is 1. The molecule has 0 fully saturated rings. The van der Waals surface area contributed by atoms with Crippen LogP contribution >= 0.6 is 0 Å². The van der Waals surface area contributed by atoms with Gasteiger partial charge in [-0.15, -0.1) is 0 Å². The Morgan fingerprint density at radius 3 is 0.927 bits per heavy atom. The van der Waals surface area contributed by atoms with Crippen LogP contribution in [0.3, 0.4) is 0 Å². The first-order chi connectivity index (χ1) is 19.6. The molecule has 0 N–H and O–H groups in total. The summed E-state index contributed by atoms with van der Waals surface area (Å²) in [6, 6.07) is 1.70. The van der Waals surface area contributed by atoms with E-state index >= 15 is 0 Å². The number of carbonyl (C=O) groups excluding carboxylic acids is 1. The highest BCUT2D eigenvalue weighted by atomic mass is 28.4. The molecule has 0 amide bonds. The average Bonchev–Trinajstić information content (AvgIpc) is 2.99. The second-order valence-corrected chi connectivity index (χ2v) is 18.4. The van der Waals surface area contributed by atoms with E-state index in [2.05, 4.69) is 0 Å². The van der Waals surface area contributed by atoms with Crippen molar-refractivity contribution in [3.63, 3.8) is 0 Å². The molecule has 0 saturated carbocycles. The summed E-state index contributed by atoms with van der Waals surface area (Å²) in [6.07, 6.45) is 1.86. The molecule has 0 aromatic heterocycles. The van der Waals surface area contributed by atoms with Crippen molar-refractivity contribution in [3.8, 4) is 0 Å². The standard InChI is InChI=1S/C24H54O14Si3/c1-23(25)38-24(20-35-14-11-17-39(26-2,27-3)28-4,21-36-15-12-18-40(29-5,30-6)31-7)22-37-16-13-19-41(32-8,33-9)34-10/h11-22H2,1-10H3. The van der Waals surface area contributed by atoms with Gasteiger partial charge in [-0.05, 0) is 19.3 Å². The molecule has 17 heteroatoms. The van der Waals surface area contributed by atoms with Crippen LogP contribution in [0.15, 0.2) is 0 Å². The molecule has 0 unspecified atom stereocenters. The van der Waals surface area contributed by atoms with Gasteiger partial charge in [-0.3, -0.25) is 4.79 Å². The predicted octanol–water partition coefficient (Wildman–Crippen LogP) is 2.14. The minimum absolute atomic E-state index is 0.0634. The van der Waals surface area contributed by atoms with Crippen molar-refractivity contribution in [2.24, 2.45) is 0 Å². The molecule has 0 bridgehead atoms. The molecule has 0 saturated heterocycles. The van der Waals surface area contributed by atoms with Crippen LogP contribution in [0.4, 0.5) is 0 Å². The van der Waals surface area contributed by atoms with Crippen LogP contribution in [0.2, 0.25) is 18.1 Å². The van der Waals surface area contributed by atoms with Crippen LogP contribution in [-0.4, -0.2) is 142 Å². The van der Waals surface area contributed by atoms with E-state index in [1.54, 1.807) is 64.0 Å². The summed E-state index contributed by atoms with van der Waals surface area (Å²) >= 11 is 0. The molecule has 0 aromatic rings. The minimum atomic E-state index is -2.72. The Kier molecular flexibility index (Phi) is 22.0. The summed E-state index contributed by atoms with van der Waals surface area (Å²) in [5.74, 6) is -0.473. The lowest BCUT2D eigenvalue weighted by atomic mass is 10.1. The van der Waals surface area contributed by atoms with Gasteiger partial charge >= 0.3 is 32.4 Å². The van der Waals surface area contributed by atoms with Crippen LogP contribution in [0, 0.1) is 0 Å². The van der Waals surface area contributed by atoms with Gasteiger partial charge in [0, 0.05) is 109 Å². The second-order valence-electron chi connectivity index (χ2n) is 9.13. The molecule has 0 rings (SSSR count). The highest BCUT2D eigenvalue weighted by molar-refractivity contribution is 6.61. The molecule has 0 aromatic carbocycles. The van der Waals surface area contributed by atoms with Gasteiger partial charge in [0.2, 0.25) is 0 Å². The topological polar surface area (TPSA) is 137 Å². The fourth-order valence-electron chi connectivity index (χ4n) is 4.13. The van der Waals surface area contributed by atoms with Crippen molar-refractivity contribution in [1.29, 1.82) is 0 Å². The maximum atomic E-state index is 12.1. The Morgan fingerprint density at radius 2 is 0.732 bits per heavy atom. The third kappa shape index (κ3) is 14.8. The quantitative estimate of drug-likeness (QED) is 0.0694. The molecule has 41 heavy (non-hydrogen) atoms. The summed E-state index contributed by atoms with van der Waals surface area (Å²) in [7, 11) is 5.94. The van der Waals surface area contributed by atoms with E-state index in [-0.39, 0.29) is 19.8 Å². The summed E-state index contributed by atoms with van der Waals surface area (Å²) in [5, 5.41) is 0. The van der Waals surface area contributed by atoms with Crippen molar-refractivity contribution < 1.29 is 63.6 Å². The van der Waals surface area contributed by atoms with Crippen LogP contribution in [0.1, 0.15) is 26.2 Å². The van der Waals surface area contributed by atoms with E-state index in [0.29, 0.717) is 57.2 Å². The molecule has 0 heterocycles. The van der Waals surface area contributed by atoms with Crippen molar-refractivity contribution in [1.82, 2.24) is 0 Å². The van der Waals surface area contributed by atoms with Crippen LogP contribution in [0.25, 0.3) is 0 Å². The minimum Gasteiger partial charge on any atom is -0.452 e. The van der Waals surface area contributed by atoms with E-state index in [1.807, 2.05) is 0 Å². The number of hydrogen-bond donors (Lipinski definition) is 0. The van der Waals surface area contributed by atoms with Crippen molar-refractivity contribution >= 4 is 32.4 Å². The average molecular weight is 651 g/mol. The summed E-state index contributed by atoms with van der Waals surface area (Å²) in [5.41, 5.74) is -1.17. The Bertz CT molecular complexity index is 565. The van der Waals surface area contributed by atoms with Gasteiger partial charge in [0.15, 0.2) is 5.60 Å². The summed E-state index contributed by atoms with van der Waals surface area (Å²) in [6.45, 7) is 2.62. The van der Waals surface area contributed by atoms with Gasteiger partial charge in [0.25, 0.3) is 0 Å². The van der Waals surface area contributed by atoms with E-state index in [1.165, 1.54) is 6.92 Å². The zero-order valence-corrected chi connectivity index (χ0v) is 29.7. The van der Waals surface area contributed by atoms with E-state index in [0.717, 1.165) is 0 Å². The Morgan fingerprint density at radius 1 is 0.488 bits per heavy atom. The van der Waals surface area contributed by atoms with E-state index in [4.69, 9.17) is 58.8 Å². The Labute approximate surface area is 249 Å². The Balaban J connectivity index is 5.29. The van der Waals surface area contributed by atoms with Gasteiger partial charge in [0.1, 0.15) is 0 Å². The molecule has 0 spiro atoms. The molecule has 0 aliphatic carbocycles. The van der Waals surface area contributed by atoms with Crippen molar-refractivity contribution in [2.75, 3.05) is 104 Å². The predicted molar refractivity (Wildman–Crippen MR) is 156 cm³/mol. The van der Waals surface area contributed by atoms with Crippen LogP contribution in [0.5, 0.6) is 0 Å². The van der Waals surface area contributed by atoms with Crippen LogP contribution < -0.4 is 0 Å². The molecule has 0 radical (unpaired) electrons. The number of hydrogen-bond acceptors (Lipinski definition) is 14. The third-order valence-electron chi connectivity index (χ3n) is 6.57. The lowest BCUT2D eigenvalue weighted by Gasteiger charge is -2.33. The summed E-state index contributed by atoms with van der Waals surface area (Å²) in [4.78, 5) is 12.1. The molecule has 0 aliphatic rings. The van der Waals surface area contributed by atoms with E-state index in [9.17, 15) is 4.79 Å².